The molecule has 35 heavy (non-hydrogen) atoms. The van der Waals surface area contributed by atoms with Gasteiger partial charge in [0.2, 0.25) is 11.6 Å². The predicted octanol–water partition coefficient (Wildman–Crippen LogP) is 5.94. The molecule has 6 unspecified atom stereocenters. The second-order valence-electron chi connectivity index (χ2n) is 12.6. The van der Waals surface area contributed by atoms with E-state index >= 15 is 0 Å². The minimum atomic E-state index is -2.62. The number of rotatable bonds is 4. The van der Waals surface area contributed by atoms with E-state index in [0.717, 1.165) is 32.1 Å². The SMILES string of the molecule is CC1CC2CC1C1(C2)OOC2(CCCC(O[Si](c3ccccc3)(c3ccccc3)C(C)(C)C)C2)O1. The van der Waals surface area contributed by atoms with Crippen LogP contribution in [0.2, 0.25) is 5.04 Å². The molecule has 1 heterocycles. The molecule has 2 aromatic carbocycles. The Morgan fingerprint density at radius 1 is 0.886 bits per heavy atom. The van der Waals surface area contributed by atoms with E-state index in [4.69, 9.17) is 18.9 Å². The average molecular weight is 493 g/mol. The first-order chi connectivity index (χ1) is 16.8. The summed E-state index contributed by atoms with van der Waals surface area (Å²) in [7, 11) is -2.62. The van der Waals surface area contributed by atoms with E-state index in [-0.39, 0.29) is 11.1 Å². The van der Waals surface area contributed by atoms with Gasteiger partial charge in [0.1, 0.15) is 0 Å². The van der Waals surface area contributed by atoms with Crippen LogP contribution < -0.4 is 10.4 Å². The zero-order valence-electron chi connectivity index (χ0n) is 21.7. The maximum absolute atomic E-state index is 7.46. The number of ether oxygens (including phenoxy) is 1. The van der Waals surface area contributed by atoms with E-state index in [1.54, 1.807) is 0 Å². The molecule has 4 nitrogen and oxygen atoms in total. The molecule has 0 radical (unpaired) electrons. The van der Waals surface area contributed by atoms with Crippen LogP contribution in [-0.2, 0) is 18.9 Å². The van der Waals surface area contributed by atoms with Crippen LogP contribution >= 0.6 is 0 Å². The fourth-order valence-corrected chi connectivity index (χ4v) is 12.5. The summed E-state index contributed by atoms with van der Waals surface area (Å²) in [6, 6.07) is 21.8. The average Bonchev–Trinajstić information content (AvgIpc) is 3.49. The van der Waals surface area contributed by atoms with Crippen LogP contribution in [0, 0.1) is 17.8 Å². The van der Waals surface area contributed by atoms with E-state index in [1.165, 1.54) is 23.2 Å². The van der Waals surface area contributed by atoms with E-state index in [2.05, 4.69) is 88.4 Å². The lowest BCUT2D eigenvalue weighted by Gasteiger charge is -2.47. The molecule has 0 N–H and O–H groups in total. The third kappa shape index (κ3) is 3.86. The zero-order valence-corrected chi connectivity index (χ0v) is 22.7. The van der Waals surface area contributed by atoms with Gasteiger partial charge in [-0.25, -0.2) is 0 Å². The summed E-state index contributed by atoms with van der Waals surface area (Å²) in [4.78, 5) is 12.3. The van der Waals surface area contributed by atoms with Gasteiger partial charge in [0, 0.05) is 25.2 Å². The highest BCUT2D eigenvalue weighted by Gasteiger charge is 2.65. The summed E-state index contributed by atoms with van der Waals surface area (Å²) >= 11 is 0. The highest BCUT2D eigenvalue weighted by atomic mass is 28.4. The molecule has 5 heteroatoms. The Bertz CT molecular complexity index is 998. The maximum atomic E-state index is 7.46. The molecule has 2 aromatic rings. The number of benzene rings is 2. The first kappa shape index (κ1) is 23.9. The smallest absolute Gasteiger partial charge is 0.261 e. The maximum Gasteiger partial charge on any atom is 0.261 e. The Morgan fingerprint density at radius 2 is 1.54 bits per heavy atom. The van der Waals surface area contributed by atoms with Crippen molar-refractivity contribution in [3.8, 4) is 0 Å². The van der Waals surface area contributed by atoms with Crippen molar-refractivity contribution in [3.63, 3.8) is 0 Å². The molecule has 1 saturated heterocycles. The highest BCUT2D eigenvalue weighted by Crippen LogP contribution is 2.61. The lowest BCUT2D eigenvalue weighted by molar-refractivity contribution is -0.365. The van der Waals surface area contributed by atoms with E-state index < -0.39 is 19.9 Å². The van der Waals surface area contributed by atoms with Crippen molar-refractivity contribution in [2.45, 2.75) is 95.4 Å². The summed E-state index contributed by atoms with van der Waals surface area (Å²) in [6.07, 6.45) is 7.19. The standard InChI is InChI=1S/C30H40O4Si/c1-22-18-23-19-27(22)30(20-23)32-29(33-34-30)17-11-12-24(21-29)31-35(28(2,3)4,25-13-7-5-8-14-25)26-15-9-6-10-16-26/h5-10,13-16,22-24,27H,11-12,17-21H2,1-4H3. The van der Waals surface area contributed by atoms with Crippen LogP contribution in [0.5, 0.6) is 0 Å². The predicted molar refractivity (Wildman–Crippen MR) is 140 cm³/mol. The molecule has 6 atom stereocenters. The summed E-state index contributed by atoms with van der Waals surface area (Å²) in [6.45, 7) is 9.37. The van der Waals surface area contributed by atoms with Crippen molar-refractivity contribution in [1.82, 2.24) is 0 Å². The normalized spacial score (nSPS) is 36.9. The largest absolute Gasteiger partial charge is 0.404 e. The van der Waals surface area contributed by atoms with Gasteiger partial charge in [-0.05, 0) is 52.9 Å². The topological polar surface area (TPSA) is 36.9 Å². The van der Waals surface area contributed by atoms with Crippen LogP contribution in [0.25, 0.3) is 0 Å². The summed E-state index contributed by atoms with van der Waals surface area (Å²) in [5.41, 5.74) is 0. The molecule has 1 aliphatic heterocycles. The van der Waals surface area contributed by atoms with E-state index in [9.17, 15) is 0 Å². The Hall–Kier alpha value is -1.50. The lowest BCUT2D eigenvalue weighted by atomic mass is 9.84. The Morgan fingerprint density at radius 3 is 2.11 bits per heavy atom. The van der Waals surface area contributed by atoms with Crippen molar-refractivity contribution >= 4 is 18.7 Å². The van der Waals surface area contributed by atoms with Crippen LogP contribution in [0.3, 0.4) is 0 Å². The van der Waals surface area contributed by atoms with Crippen molar-refractivity contribution in [2.75, 3.05) is 0 Å². The molecule has 2 bridgehead atoms. The van der Waals surface area contributed by atoms with Crippen LogP contribution in [-0.4, -0.2) is 26.0 Å². The molecule has 4 fully saturated rings. The quantitative estimate of drug-likeness (QED) is 0.391. The van der Waals surface area contributed by atoms with E-state index in [1.807, 2.05) is 0 Å². The monoisotopic (exact) mass is 492 g/mol. The highest BCUT2D eigenvalue weighted by molar-refractivity contribution is 6.99. The van der Waals surface area contributed by atoms with Crippen LogP contribution in [0.4, 0.5) is 0 Å². The fraction of sp³-hybridized carbons (Fsp3) is 0.600. The molecular weight excluding hydrogens is 452 g/mol. The van der Waals surface area contributed by atoms with Gasteiger partial charge in [0.05, 0.1) is 6.10 Å². The van der Waals surface area contributed by atoms with Crippen LogP contribution in [0.1, 0.15) is 72.6 Å². The summed E-state index contributed by atoms with van der Waals surface area (Å²) < 4.78 is 14.3. The molecule has 4 aliphatic rings. The Balaban J connectivity index is 1.32. The fourth-order valence-electron chi connectivity index (χ4n) is 7.78. The minimum Gasteiger partial charge on any atom is -0.404 e. The molecule has 6 rings (SSSR count). The van der Waals surface area contributed by atoms with Crippen molar-refractivity contribution in [2.24, 2.45) is 17.8 Å². The Kier molecular flexibility index (Phi) is 5.81. The Labute approximate surface area is 211 Å². The van der Waals surface area contributed by atoms with Gasteiger partial charge in [-0.3, -0.25) is 0 Å². The van der Waals surface area contributed by atoms with Crippen molar-refractivity contribution in [1.29, 1.82) is 0 Å². The van der Waals surface area contributed by atoms with E-state index in [0.29, 0.717) is 17.8 Å². The second-order valence-corrected chi connectivity index (χ2v) is 16.9. The first-order valence-corrected chi connectivity index (χ1v) is 15.5. The molecule has 2 spiro atoms. The van der Waals surface area contributed by atoms with Gasteiger partial charge in [-0.15, -0.1) is 0 Å². The molecular formula is C30H40O4Si. The van der Waals surface area contributed by atoms with Gasteiger partial charge < -0.3 is 9.16 Å². The lowest BCUT2D eigenvalue weighted by Crippen LogP contribution is -2.68. The third-order valence-corrected chi connectivity index (χ3v) is 14.3. The first-order valence-electron chi connectivity index (χ1n) is 13.6. The summed E-state index contributed by atoms with van der Waals surface area (Å²) in [5, 5.41) is 2.60. The van der Waals surface area contributed by atoms with Gasteiger partial charge in [-0.1, -0.05) is 88.4 Å². The number of hydrogen-bond donors (Lipinski definition) is 0. The molecule has 3 aliphatic carbocycles. The molecule has 188 valence electrons. The van der Waals surface area contributed by atoms with Crippen molar-refractivity contribution in [3.05, 3.63) is 60.7 Å². The molecule has 0 aromatic heterocycles. The minimum absolute atomic E-state index is 0.0462. The number of hydrogen-bond acceptors (Lipinski definition) is 4. The third-order valence-electron chi connectivity index (χ3n) is 9.19. The second kappa shape index (κ2) is 8.52. The van der Waals surface area contributed by atoms with Crippen LogP contribution in [0.15, 0.2) is 60.7 Å². The number of fused-ring (bicyclic) bond motifs is 3. The van der Waals surface area contributed by atoms with Crippen molar-refractivity contribution < 1.29 is 18.9 Å². The zero-order chi connectivity index (χ0) is 24.3. The van der Waals surface area contributed by atoms with Gasteiger partial charge >= 0.3 is 0 Å². The summed E-state index contributed by atoms with van der Waals surface area (Å²) in [5.74, 6) is 0.576. The van der Waals surface area contributed by atoms with Gasteiger partial charge in [-0.2, -0.15) is 9.78 Å². The molecule has 0 amide bonds. The van der Waals surface area contributed by atoms with Gasteiger partial charge in [0.15, 0.2) is 0 Å². The molecule has 3 saturated carbocycles. The van der Waals surface area contributed by atoms with Gasteiger partial charge in [0.25, 0.3) is 8.32 Å².